The van der Waals surface area contributed by atoms with Crippen LogP contribution in [-0.4, -0.2) is 9.97 Å². The van der Waals surface area contributed by atoms with Gasteiger partial charge in [-0.15, -0.1) is 0 Å². The van der Waals surface area contributed by atoms with E-state index in [2.05, 4.69) is 58.5 Å². The number of nitrogens with one attached hydrogen (secondary N) is 1. The van der Waals surface area contributed by atoms with Crippen LogP contribution in [0.5, 0.6) is 0 Å². The van der Waals surface area contributed by atoms with Gasteiger partial charge in [-0.1, -0.05) is 48.5 Å². The molecule has 0 atom stereocenters. The highest BCUT2D eigenvalue weighted by molar-refractivity contribution is 5.76. The first-order valence-corrected chi connectivity index (χ1v) is 7.46. The Hall–Kier alpha value is -2.87. The molecule has 2 aromatic heterocycles. The van der Waals surface area contributed by atoms with Gasteiger partial charge in [-0.3, -0.25) is 0 Å². The summed E-state index contributed by atoms with van der Waals surface area (Å²) < 4.78 is 0. The number of aromatic amines is 1. The Morgan fingerprint density at radius 1 is 0.727 bits per heavy atom. The molecule has 0 saturated carbocycles. The van der Waals surface area contributed by atoms with Crippen LogP contribution in [0.15, 0.2) is 79.1 Å². The van der Waals surface area contributed by atoms with Gasteiger partial charge < -0.3 is 4.98 Å². The molecule has 2 nitrogen and oxygen atoms in total. The monoisotopic (exact) mass is 284 g/mol. The highest BCUT2D eigenvalue weighted by atomic mass is 14.8. The maximum atomic E-state index is 4.09. The van der Waals surface area contributed by atoms with Crippen molar-refractivity contribution in [2.45, 2.75) is 6.42 Å². The molecule has 1 N–H and O–H groups in total. The van der Waals surface area contributed by atoms with Gasteiger partial charge in [0.1, 0.15) is 5.65 Å². The second-order valence-corrected chi connectivity index (χ2v) is 5.41. The van der Waals surface area contributed by atoms with E-state index in [0.717, 1.165) is 17.5 Å². The molecule has 4 aromatic rings. The second-order valence-electron chi connectivity index (χ2n) is 5.41. The Bertz CT molecular complexity index is 848. The van der Waals surface area contributed by atoms with Gasteiger partial charge in [0.25, 0.3) is 0 Å². The number of hydrogen-bond acceptors (Lipinski definition) is 1. The Morgan fingerprint density at radius 3 is 2.09 bits per heavy atom. The zero-order valence-corrected chi connectivity index (χ0v) is 12.2. The quantitative estimate of drug-likeness (QED) is 0.434. The lowest BCUT2D eigenvalue weighted by atomic mass is 10.1. The molecule has 0 amide bonds. The van der Waals surface area contributed by atoms with Gasteiger partial charge in [0.2, 0.25) is 0 Å². The summed E-state index contributed by atoms with van der Waals surface area (Å²) in [5, 5.41) is 1.16. The van der Waals surface area contributed by atoms with Gasteiger partial charge in [-0.25, -0.2) is 4.98 Å². The molecule has 2 heteroatoms. The van der Waals surface area contributed by atoms with Crippen molar-refractivity contribution in [3.8, 4) is 11.1 Å². The molecule has 0 spiro atoms. The maximum Gasteiger partial charge on any atom is 0.137 e. The minimum Gasteiger partial charge on any atom is -0.346 e. The topological polar surface area (TPSA) is 28.7 Å². The van der Waals surface area contributed by atoms with Crippen molar-refractivity contribution in [3.63, 3.8) is 0 Å². The fraction of sp³-hybridized carbons (Fsp3) is 0.0500. The normalized spacial score (nSPS) is 11.5. The van der Waals surface area contributed by atoms with E-state index in [9.17, 15) is 0 Å². The number of aromatic nitrogens is 2. The van der Waals surface area contributed by atoms with Crippen LogP contribution in [0, 0.1) is 0 Å². The van der Waals surface area contributed by atoms with E-state index in [1.165, 1.54) is 22.3 Å². The molecule has 1 aliphatic carbocycles. The minimum absolute atomic E-state index is 0.956. The van der Waals surface area contributed by atoms with E-state index in [1.807, 2.05) is 24.4 Å². The van der Waals surface area contributed by atoms with Gasteiger partial charge in [0.05, 0.1) is 0 Å². The Labute approximate surface area is 129 Å². The third-order valence-electron chi connectivity index (χ3n) is 4.03. The van der Waals surface area contributed by atoms with E-state index in [4.69, 9.17) is 0 Å². The van der Waals surface area contributed by atoms with Crippen molar-refractivity contribution in [2.75, 3.05) is 0 Å². The van der Waals surface area contributed by atoms with E-state index in [-0.39, 0.29) is 0 Å². The van der Waals surface area contributed by atoms with E-state index >= 15 is 0 Å². The Morgan fingerprint density at radius 2 is 1.41 bits per heavy atom. The predicted molar refractivity (Wildman–Crippen MR) is 90.8 cm³/mol. The van der Waals surface area contributed by atoms with Crippen LogP contribution in [0.1, 0.15) is 11.1 Å². The summed E-state index contributed by atoms with van der Waals surface area (Å²) in [6.07, 6.45) is 4.77. The molecule has 2 heterocycles. The van der Waals surface area contributed by atoms with E-state index in [1.54, 1.807) is 6.20 Å². The van der Waals surface area contributed by atoms with Crippen molar-refractivity contribution in [1.29, 1.82) is 0 Å². The van der Waals surface area contributed by atoms with Crippen LogP contribution in [-0.2, 0) is 6.42 Å². The zero-order valence-electron chi connectivity index (χ0n) is 12.2. The number of H-pyrrole nitrogens is 1. The number of rotatable bonds is 0. The van der Waals surface area contributed by atoms with Crippen LogP contribution < -0.4 is 0 Å². The lowest BCUT2D eigenvalue weighted by molar-refractivity contribution is 1.26. The first kappa shape index (κ1) is 12.8. The van der Waals surface area contributed by atoms with Crippen molar-refractivity contribution in [1.82, 2.24) is 9.97 Å². The van der Waals surface area contributed by atoms with E-state index in [0.29, 0.717) is 0 Å². The Kier molecular flexibility index (Phi) is 3.20. The van der Waals surface area contributed by atoms with Crippen molar-refractivity contribution < 1.29 is 0 Å². The summed E-state index contributed by atoms with van der Waals surface area (Å²) in [7, 11) is 0. The molecule has 0 bridgehead atoms. The highest BCUT2D eigenvalue weighted by Crippen LogP contribution is 2.35. The summed E-state index contributed by atoms with van der Waals surface area (Å²) in [5.74, 6) is 0. The van der Waals surface area contributed by atoms with Gasteiger partial charge in [0, 0.05) is 17.8 Å². The average molecular weight is 284 g/mol. The summed E-state index contributed by atoms with van der Waals surface area (Å²) in [5.41, 5.74) is 6.71. The molecular weight excluding hydrogens is 268 g/mol. The minimum atomic E-state index is 0.956. The molecule has 22 heavy (non-hydrogen) atoms. The van der Waals surface area contributed by atoms with Crippen molar-refractivity contribution in [2.24, 2.45) is 0 Å². The number of pyridine rings is 1. The molecule has 0 saturated heterocycles. The van der Waals surface area contributed by atoms with Gasteiger partial charge in [-0.05, 0) is 46.9 Å². The van der Waals surface area contributed by atoms with Crippen LogP contribution in [0.3, 0.4) is 0 Å². The summed E-state index contributed by atoms with van der Waals surface area (Å²) in [4.78, 5) is 7.09. The number of nitrogens with zero attached hydrogens (tertiary/aromatic N) is 1. The number of fused-ring (bicyclic) bond motifs is 4. The third-order valence-corrected chi connectivity index (χ3v) is 4.03. The summed E-state index contributed by atoms with van der Waals surface area (Å²) >= 11 is 0. The molecule has 106 valence electrons. The predicted octanol–water partition coefficient (Wildman–Crippen LogP) is 4.82. The Balaban J connectivity index is 0.000000122. The number of hydrogen-bond donors (Lipinski definition) is 1. The maximum absolute atomic E-state index is 4.09. The van der Waals surface area contributed by atoms with E-state index < -0.39 is 0 Å². The standard InChI is InChI=1S/C13H10.C7H6N2/c1-3-7-12-10(5-1)9-11-6-2-4-8-13(11)12;1-2-6-3-5-9-7(6)8-4-1/h1-8H,9H2;1-5H,(H,8,9). The van der Waals surface area contributed by atoms with Gasteiger partial charge in [-0.2, -0.15) is 0 Å². The third kappa shape index (κ3) is 2.29. The molecule has 1 aliphatic rings. The first-order chi connectivity index (χ1) is 10.9. The molecular formula is C20H16N2. The largest absolute Gasteiger partial charge is 0.346 e. The fourth-order valence-electron chi connectivity index (χ4n) is 2.96. The van der Waals surface area contributed by atoms with Crippen LogP contribution in [0.2, 0.25) is 0 Å². The molecule has 5 rings (SSSR count). The zero-order chi connectivity index (χ0) is 14.8. The van der Waals surface area contributed by atoms with Crippen LogP contribution >= 0.6 is 0 Å². The first-order valence-electron chi connectivity index (χ1n) is 7.46. The molecule has 0 fully saturated rings. The molecule has 2 aromatic carbocycles. The summed E-state index contributed by atoms with van der Waals surface area (Å²) in [6.45, 7) is 0. The van der Waals surface area contributed by atoms with Crippen LogP contribution in [0.4, 0.5) is 0 Å². The van der Waals surface area contributed by atoms with Crippen molar-refractivity contribution >= 4 is 11.0 Å². The average Bonchev–Trinajstić information content (AvgIpc) is 3.19. The smallest absolute Gasteiger partial charge is 0.137 e. The van der Waals surface area contributed by atoms with Crippen molar-refractivity contribution in [3.05, 3.63) is 90.3 Å². The molecule has 0 aliphatic heterocycles. The second kappa shape index (κ2) is 5.49. The highest BCUT2D eigenvalue weighted by Gasteiger charge is 2.15. The summed E-state index contributed by atoms with van der Waals surface area (Å²) in [6, 6.07) is 23.3. The fourth-order valence-corrected chi connectivity index (χ4v) is 2.96. The van der Waals surface area contributed by atoms with Gasteiger partial charge in [0.15, 0.2) is 0 Å². The molecule has 0 unspecified atom stereocenters. The molecule has 0 radical (unpaired) electrons. The number of benzene rings is 2. The SMILES string of the molecule is c1ccc2c(c1)Cc1ccccc1-2.c1cnc2[nH]ccc2c1. The lowest BCUT2D eigenvalue weighted by Crippen LogP contribution is -1.77. The van der Waals surface area contributed by atoms with Gasteiger partial charge >= 0.3 is 0 Å². The van der Waals surface area contributed by atoms with Crippen LogP contribution in [0.25, 0.3) is 22.2 Å². The lowest BCUT2D eigenvalue weighted by Gasteiger charge is -1.98.